The molecule has 3 aliphatic heterocycles. The molecule has 2 N–H and O–H groups in total. The van der Waals surface area contributed by atoms with Gasteiger partial charge >= 0.3 is 0 Å². The van der Waals surface area contributed by atoms with Crippen molar-refractivity contribution in [3.05, 3.63) is 53.2 Å². The molecule has 5 heterocycles. The van der Waals surface area contributed by atoms with Crippen LogP contribution in [0.4, 0.5) is 4.39 Å². The Bertz CT molecular complexity index is 1340. The number of fused-ring (bicyclic) bond motifs is 2. The predicted octanol–water partition coefficient (Wildman–Crippen LogP) is 2.53. The summed E-state index contributed by atoms with van der Waals surface area (Å²) in [7, 11) is 0. The number of amides is 3. The number of hydrogen-bond donors (Lipinski definition) is 2. The average Bonchev–Trinajstić information content (AvgIpc) is 3.53. The van der Waals surface area contributed by atoms with E-state index in [0.29, 0.717) is 38.0 Å². The van der Waals surface area contributed by atoms with Crippen molar-refractivity contribution in [3.63, 3.8) is 0 Å². The molecular formula is C25H24FN5O3. The molecule has 3 aromatic rings. The Kier molecular flexibility index (Phi) is 4.95. The Morgan fingerprint density at radius 1 is 1.12 bits per heavy atom. The molecule has 9 heteroatoms. The molecule has 0 radical (unpaired) electrons. The van der Waals surface area contributed by atoms with Gasteiger partial charge in [0.1, 0.15) is 17.9 Å². The number of rotatable bonds is 4. The molecule has 174 valence electrons. The van der Waals surface area contributed by atoms with Gasteiger partial charge in [-0.3, -0.25) is 24.6 Å². The van der Waals surface area contributed by atoms with Gasteiger partial charge in [0.05, 0.1) is 5.69 Å². The number of aromatic nitrogens is 2. The lowest BCUT2D eigenvalue weighted by atomic mass is 10.0. The number of piperidine rings is 1. The van der Waals surface area contributed by atoms with Crippen LogP contribution in [0.3, 0.4) is 0 Å². The van der Waals surface area contributed by atoms with E-state index in [1.165, 1.54) is 0 Å². The SMILES string of the molecule is O=C1CCC(N2Cc3cc(-c4cc(CN5CCC(F)C5)c5cc[nH]c5n4)ccc3C2=O)C(=O)N1. The molecule has 2 saturated heterocycles. The third-order valence-corrected chi connectivity index (χ3v) is 7.04. The van der Waals surface area contributed by atoms with Gasteiger partial charge in [-0.15, -0.1) is 0 Å². The number of H-pyrrole nitrogens is 1. The third-order valence-electron chi connectivity index (χ3n) is 7.04. The van der Waals surface area contributed by atoms with Gasteiger partial charge in [0, 0.05) is 55.3 Å². The first kappa shape index (κ1) is 21.0. The van der Waals surface area contributed by atoms with Crippen molar-refractivity contribution >= 4 is 28.8 Å². The van der Waals surface area contributed by atoms with E-state index in [1.54, 1.807) is 11.0 Å². The second kappa shape index (κ2) is 8.02. The second-order valence-electron chi connectivity index (χ2n) is 9.30. The fourth-order valence-corrected chi connectivity index (χ4v) is 5.29. The van der Waals surface area contributed by atoms with Gasteiger partial charge in [0.15, 0.2) is 0 Å². The van der Waals surface area contributed by atoms with E-state index in [1.807, 2.05) is 30.5 Å². The molecular weight excluding hydrogens is 437 g/mol. The van der Waals surface area contributed by atoms with E-state index in [9.17, 15) is 18.8 Å². The monoisotopic (exact) mass is 461 g/mol. The summed E-state index contributed by atoms with van der Waals surface area (Å²) in [6, 6.07) is 9.00. The Labute approximate surface area is 195 Å². The van der Waals surface area contributed by atoms with Crippen LogP contribution in [0.2, 0.25) is 0 Å². The topological polar surface area (TPSA) is 98.4 Å². The molecule has 2 aromatic heterocycles. The number of benzene rings is 1. The zero-order chi connectivity index (χ0) is 23.4. The van der Waals surface area contributed by atoms with Crippen LogP contribution in [0, 0.1) is 0 Å². The molecule has 0 bridgehead atoms. The number of nitrogens with zero attached hydrogens (tertiary/aromatic N) is 3. The number of nitrogens with one attached hydrogen (secondary N) is 2. The van der Waals surface area contributed by atoms with Crippen LogP contribution in [0.25, 0.3) is 22.3 Å². The van der Waals surface area contributed by atoms with Crippen LogP contribution in [0.5, 0.6) is 0 Å². The van der Waals surface area contributed by atoms with Crippen LogP contribution in [-0.2, 0) is 22.7 Å². The third kappa shape index (κ3) is 3.56. The summed E-state index contributed by atoms with van der Waals surface area (Å²) >= 11 is 0. The lowest BCUT2D eigenvalue weighted by Crippen LogP contribution is -2.52. The summed E-state index contributed by atoms with van der Waals surface area (Å²) in [6.45, 7) is 2.15. The van der Waals surface area contributed by atoms with Gasteiger partial charge in [-0.05, 0) is 48.2 Å². The van der Waals surface area contributed by atoms with Crippen LogP contribution >= 0.6 is 0 Å². The lowest BCUT2D eigenvalue weighted by Gasteiger charge is -2.29. The minimum atomic E-state index is -0.774. The van der Waals surface area contributed by atoms with Gasteiger partial charge in [-0.1, -0.05) is 6.07 Å². The number of alkyl halides is 1. The highest BCUT2D eigenvalue weighted by Crippen LogP contribution is 2.32. The van der Waals surface area contributed by atoms with Crippen molar-refractivity contribution in [2.45, 2.75) is 44.6 Å². The van der Waals surface area contributed by atoms with Gasteiger partial charge in [-0.25, -0.2) is 9.37 Å². The van der Waals surface area contributed by atoms with Gasteiger partial charge in [0.2, 0.25) is 11.8 Å². The predicted molar refractivity (Wildman–Crippen MR) is 122 cm³/mol. The Balaban J connectivity index is 1.30. The molecule has 2 unspecified atom stereocenters. The maximum Gasteiger partial charge on any atom is 0.255 e. The van der Waals surface area contributed by atoms with Crippen molar-refractivity contribution in [2.75, 3.05) is 13.1 Å². The number of carbonyl (C=O) groups excluding carboxylic acids is 3. The minimum Gasteiger partial charge on any atom is -0.346 e. The second-order valence-corrected chi connectivity index (χ2v) is 9.30. The minimum absolute atomic E-state index is 0.195. The standard InChI is InChI=1S/C25H24FN5O3/c26-17-6-8-30(13-17)11-16-10-20(28-23-18(16)5-7-27-23)14-1-2-19-15(9-14)12-31(25(19)34)21-3-4-22(32)29-24(21)33/h1-2,5,7,9-10,17,21H,3-4,6,8,11-13H2,(H,27,28)(H,29,32,33). The lowest BCUT2D eigenvalue weighted by molar-refractivity contribution is -0.136. The summed E-state index contributed by atoms with van der Waals surface area (Å²) < 4.78 is 13.7. The first-order valence-corrected chi connectivity index (χ1v) is 11.6. The number of hydrogen-bond acceptors (Lipinski definition) is 5. The Hall–Kier alpha value is -3.59. The normalized spacial score (nSPS) is 23.1. The van der Waals surface area contributed by atoms with E-state index >= 15 is 0 Å². The van der Waals surface area contributed by atoms with E-state index < -0.39 is 18.1 Å². The molecule has 0 saturated carbocycles. The van der Waals surface area contributed by atoms with Crippen LogP contribution in [0.15, 0.2) is 36.5 Å². The van der Waals surface area contributed by atoms with Crippen molar-refractivity contribution in [2.24, 2.45) is 0 Å². The smallest absolute Gasteiger partial charge is 0.255 e. The molecule has 2 atom stereocenters. The summed E-state index contributed by atoms with van der Waals surface area (Å²) in [4.78, 5) is 48.4. The van der Waals surface area contributed by atoms with Crippen molar-refractivity contribution in [1.29, 1.82) is 0 Å². The number of likely N-dealkylation sites (tertiary alicyclic amines) is 1. The van der Waals surface area contributed by atoms with Gasteiger partial charge < -0.3 is 9.88 Å². The highest BCUT2D eigenvalue weighted by atomic mass is 19.1. The molecule has 2 fully saturated rings. The number of carbonyl (C=O) groups is 3. The van der Waals surface area contributed by atoms with Crippen molar-refractivity contribution < 1.29 is 18.8 Å². The van der Waals surface area contributed by atoms with Crippen LogP contribution in [-0.4, -0.2) is 62.8 Å². The maximum absolute atomic E-state index is 13.7. The highest BCUT2D eigenvalue weighted by molar-refractivity contribution is 6.05. The number of halogens is 1. The van der Waals surface area contributed by atoms with E-state index in [-0.39, 0.29) is 18.2 Å². The largest absolute Gasteiger partial charge is 0.346 e. The summed E-state index contributed by atoms with van der Waals surface area (Å²) in [6.07, 6.45) is 2.21. The van der Waals surface area contributed by atoms with E-state index in [2.05, 4.69) is 15.2 Å². The fraction of sp³-hybridized carbons (Fsp3) is 0.360. The first-order valence-electron chi connectivity index (χ1n) is 11.6. The molecule has 3 amide bonds. The molecule has 0 spiro atoms. The van der Waals surface area contributed by atoms with E-state index in [0.717, 1.165) is 40.0 Å². The summed E-state index contributed by atoms with van der Waals surface area (Å²) in [5, 5.41) is 3.35. The maximum atomic E-state index is 13.7. The molecule has 0 aliphatic carbocycles. The first-order chi connectivity index (χ1) is 16.5. The van der Waals surface area contributed by atoms with Crippen molar-refractivity contribution in [3.8, 4) is 11.3 Å². The van der Waals surface area contributed by atoms with Crippen LogP contribution < -0.4 is 5.32 Å². The van der Waals surface area contributed by atoms with Gasteiger partial charge in [0.25, 0.3) is 5.91 Å². The highest BCUT2D eigenvalue weighted by Gasteiger charge is 2.39. The molecule has 3 aliphatic rings. The van der Waals surface area contributed by atoms with Crippen LogP contribution in [0.1, 0.15) is 40.7 Å². The fourth-order valence-electron chi connectivity index (χ4n) is 5.29. The van der Waals surface area contributed by atoms with Gasteiger partial charge in [-0.2, -0.15) is 0 Å². The molecule has 6 rings (SSSR count). The summed E-state index contributed by atoms with van der Waals surface area (Å²) in [5.41, 5.74) is 4.90. The Morgan fingerprint density at radius 2 is 2.00 bits per heavy atom. The average molecular weight is 461 g/mol. The quantitative estimate of drug-likeness (QED) is 0.582. The van der Waals surface area contributed by atoms with Crippen molar-refractivity contribution in [1.82, 2.24) is 25.1 Å². The summed E-state index contributed by atoms with van der Waals surface area (Å²) in [5.74, 6) is -0.914. The number of pyridine rings is 1. The zero-order valence-corrected chi connectivity index (χ0v) is 18.5. The molecule has 34 heavy (non-hydrogen) atoms. The number of aromatic amines is 1. The molecule has 1 aromatic carbocycles. The zero-order valence-electron chi connectivity index (χ0n) is 18.5. The molecule has 8 nitrogen and oxygen atoms in total. The van der Waals surface area contributed by atoms with E-state index in [4.69, 9.17) is 4.98 Å². The number of imide groups is 1. The Morgan fingerprint density at radius 3 is 2.79 bits per heavy atom.